The second kappa shape index (κ2) is 5.40. The molecule has 1 nitrogen and oxygen atoms in total. The highest BCUT2D eigenvalue weighted by atomic mass is 28.1. The van der Waals surface area contributed by atoms with Crippen LogP contribution in [0.2, 0.25) is 0 Å². The van der Waals surface area contributed by atoms with Gasteiger partial charge in [-0.25, -0.2) is 0 Å². The molecule has 0 saturated heterocycles. The van der Waals surface area contributed by atoms with Gasteiger partial charge in [0, 0.05) is 10.2 Å². The van der Waals surface area contributed by atoms with E-state index < -0.39 is 0 Å². The van der Waals surface area contributed by atoms with Gasteiger partial charge in [-0.15, -0.1) is 0 Å². The zero-order chi connectivity index (χ0) is 13.1. The van der Waals surface area contributed by atoms with Crippen LogP contribution < -0.4 is 9.92 Å². The van der Waals surface area contributed by atoms with Crippen LogP contribution in [0.25, 0.3) is 11.1 Å². The molecule has 2 aromatic carbocycles. The summed E-state index contributed by atoms with van der Waals surface area (Å²) in [7, 11) is 1.07. The highest BCUT2D eigenvalue weighted by Gasteiger charge is 2.09. The average molecular weight is 256 g/mol. The first-order chi connectivity index (χ1) is 8.63. The molecule has 2 heteroatoms. The molecule has 0 aliphatic rings. The monoisotopic (exact) mass is 256 g/mol. The molecule has 0 N–H and O–H groups in total. The standard InChI is InChI=1S/C16H20OSi/c1-4-17-13-9-11(2)16(12(3)10-13)14-7-5-6-8-15(14)18/h5-10H,4H2,1-3,18H3. The van der Waals surface area contributed by atoms with Crippen LogP contribution in [0, 0.1) is 13.8 Å². The molecule has 0 atom stereocenters. The number of rotatable bonds is 3. The van der Waals surface area contributed by atoms with Crippen molar-refractivity contribution in [2.24, 2.45) is 0 Å². The van der Waals surface area contributed by atoms with Crippen LogP contribution >= 0.6 is 0 Å². The molecule has 0 bridgehead atoms. The van der Waals surface area contributed by atoms with Crippen molar-refractivity contribution in [2.45, 2.75) is 20.8 Å². The number of hydrogen-bond donors (Lipinski definition) is 0. The smallest absolute Gasteiger partial charge is 0.119 e. The summed E-state index contributed by atoms with van der Waals surface area (Å²) in [5, 5.41) is 1.45. The Morgan fingerprint density at radius 3 is 2.22 bits per heavy atom. The SMILES string of the molecule is CCOc1cc(C)c(-c2ccccc2[SiH3])c(C)c1. The van der Waals surface area contributed by atoms with Gasteiger partial charge in [-0.3, -0.25) is 0 Å². The van der Waals surface area contributed by atoms with Crippen LogP contribution in [0.4, 0.5) is 0 Å². The summed E-state index contributed by atoms with van der Waals surface area (Å²) in [5.41, 5.74) is 5.33. The summed E-state index contributed by atoms with van der Waals surface area (Å²) in [5.74, 6) is 0.974. The van der Waals surface area contributed by atoms with Crippen molar-refractivity contribution in [1.82, 2.24) is 0 Å². The summed E-state index contributed by atoms with van der Waals surface area (Å²) in [6.45, 7) is 7.07. The topological polar surface area (TPSA) is 9.23 Å². The first-order valence-corrected chi connectivity index (χ1v) is 7.43. The molecule has 0 aromatic heterocycles. The maximum absolute atomic E-state index is 5.60. The van der Waals surface area contributed by atoms with E-state index in [1.807, 2.05) is 6.92 Å². The molecule has 0 spiro atoms. The van der Waals surface area contributed by atoms with Crippen molar-refractivity contribution >= 4 is 15.4 Å². The van der Waals surface area contributed by atoms with Gasteiger partial charge in [0.05, 0.1) is 6.61 Å². The molecule has 0 unspecified atom stereocenters. The number of benzene rings is 2. The van der Waals surface area contributed by atoms with E-state index in [0.29, 0.717) is 0 Å². The van der Waals surface area contributed by atoms with Gasteiger partial charge in [0.2, 0.25) is 0 Å². The maximum atomic E-state index is 5.60. The van der Waals surface area contributed by atoms with Crippen LogP contribution in [0.3, 0.4) is 0 Å². The molecular formula is C16H20OSi. The highest BCUT2D eigenvalue weighted by Crippen LogP contribution is 2.29. The molecule has 0 radical (unpaired) electrons. The van der Waals surface area contributed by atoms with Crippen molar-refractivity contribution in [1.29, 1.82) is 0 Å². The summed E-state index contributed by atoms with van der Waals surface area (Å²) in [6, 6.07) is 13.0. The number of aryl methyl sites for hydroxylation is 2. The quantitative estimate of drug-likeness (QED) is 0.766. The Bertz CT molecular complexity index is 538. The Hall–Kier alpha value is -1.54. The van der Waals surface area contributed by atoms with Crippen LogP contribution in [-0.4, -0.2) is 16.8 Å². The second-order valence-corrected chi connectivity index (χ2v) is 5.76. The van der Waals surface area contributed by atoms with Crippen molar-refractivity contribution in [3.8, 4) is 16.9 Å². The Balaban J connectivity index is 2.56. The minimum absolute atomic E-state index is 0.718. The van der Waals surface area contributed by atoms with Crippen molar-refractivity contribution in [2.75, 3.05) is 6.61 Å². The van der Waals surface area contributed by atoms with E-state index in [9.17, 15) is 0 Å². The van der Waals surface area contributed by atoms with Crippen molar-refractivity contribution in [3.05, 3.63) is 47.5 Å². The van der Waals surface area contributed by atoms with E-state index in [0.717, 1.165) is 22.6 Å². The van der Waals surface area contributed by atoms with Crippen LogP contribution in [-0.2, 0) is 0 Å². The number of ether oxygens (including phenoxy) is 1. The predicted octanol–water partition coefficient (Wildman–Crippen LogP) is 2.36. The lowest BCUT2D eigenvalue weighted by Crippen LogP contribution is -2.07. The lowest BCUT2D eigenvalue weighted by molar-refractivity contribution is 0.340. The van der Waals surface area contributed by atoms with Gasteiger partial charge >= 0.3 is 0 Å². The third kappa shape index (κ3) is 2.49. The molecule has 94 valence electrons. The molecule has 0 fully saturated rings. The lowest BCUT2D eigenvalue weighted by atomic mass is 9.95. The van der Waals surface area contributed by atoms with Gasteiger partial charge in [-0.1, -0.05) is 29.5 Å². The molecule has 0 aliphatic heterocycles. The van der Waals surface area contributed by atoms with Crippen LogP contribution in [0.5, 0.6) is 5.75 Å². The first kappa shape index (κ1) is 12.9. The Morgan fingerprint density at radius 2 is 1.67 bits per heavy atom. The lowest BCUT2D eigenvalue weighted by Gasteiger charge is -2.15. The first-order valence-electron chi connectivity index (χ1n) is 6.43. The fourth-order valence-corrected chi connectivity index (χ4v) is 3.06. The van der Waals surface area contributed by atoms with Crippen molar-refractivity contribution in [3.63, 3.8) is 0 Å². The van der Waals surface area contributed by atoms with Crippen LogP contribution in [0.15, 0.2) is 36.4 Å². The molecule has 2 rings (SSSR count). The van der Waals surface area contributed by atoms with Gasteiger partial charge in [0.15, 0.2) is 0 Å². The van der Waals surface area contributed by atoms with E-state index in [1.54, 1.807) is 0 Å². The molecule has 0 heterocycles. The van der Waals surface area contributed by atoms with Gasteiger partial charge in [-0.05, 0) is 55.2 Å². The van der Waals surface area contributed by atoms with E-state index in [-0.39, 0.29) is 0 Å². The fourth-order valence-electron chi connectivity index (χ4n) is 2.45. The Morgan fingerprint density at radius 1 is 1.06 bits per heavy atom. The second-order valence-electron chi connectivity index (χ2n) is 4.68. The third-order valence-electron chi connectivity index (χ3n) is 3.23. The molecule has 18 heavy (non-hydrogen) atoms. The number of hydrogen-bond acceptors (Lipinski definition) is 1. The predicted molar refractivity (Wildman–Crippen MR) is 82.1 cm³/mol. The zero-order valence-electron chi connectivity index (χ0n) is 11.6. The Kier molecular flexibility index (Phi) is 3.87. The largest absolute Gasteiger partial charge is 0.494 e. The minimum atomic E-state index is 0.718. The van der Waals surface area contributed by atoms with Gasteiger partial charge in [0.25, 0.3) is 0 Å². The third-order valence-corrected chi connectivity index (χ3v) is 4.10. The molecule has 0 aliphatic carbocycles. The van der Waals surface area contributed by atoms with Gasteiger partial charge in [-0.2, -0.15) is 0 Å². The molecule has 0 amide bonds. The van der Waals surface area contributed by atoms with E-state index >= 15 is 0 Å². The van der Waals surface area contributed by atoms with Gasteiger partial charge < -0.3 is 4.74 Å². The maximum Gasteiger partial charge on any atom is 0.119 e. The van der Waals surface area contributed by atoms with Gasteiger partial charge in [0.1, 0.15) is 5.75 Å². The highest BCUT2D eigenvalue weighted by molar-refractivity contribution is 6.36. The Labute approximate surface area is 112 Å². The minimum Gasteiger partial charge on any atom is -0.494 e. The molecule has 0 saturated carbocycles. The average Bonchev–Trinajstić information content (AvgIpc) is 2.31. The normalized spacial score (nSPS) is 10.6. The summed E-state index contributed by atoms with van der Waals surface area (Å²) in [4.78, 5) is 0. The summed E-state index contributed by atoms with van der Waals surface area (Å²) < 4.78 is 5.60. The van der Waals surface area contributed by atoms with Crippen molar-refractivity contribution < 1.29 is 4.74 Å². The summed E-state index contributed by atoms with van der Waals surface area (Å²) in [6.07, 6.45) is 0. The van der Waals surface area contributed by atoms with E-state index in [2.05, 4.69) is 50.2 Å². The van der Waals surface area contributed by atoms with E-state index in [1.165, 1.54) is 27.4 Å². The molecule has 2 aromatic rings. The summed E-state index contributed by atoms with van der Waals surface area (Å²) >= 11 is 0. The fraction of sp³-hybridized carbons (Fsp3) is 0.250. The van der Waals surface area contributed by atoms with E-state index in [4.69, 9.17) is 4.74 Å². The molecular weight excluding hydrogens is 236 g/mol. The van der Waals surface area contributed by atoms with Crippen LogP contribution in [0.1, 0.15) is 18.1 Å². The zero-order valence-corrected chi connectivity index (χ0v) is 13.6.